The fourth-order valence-corrected chi connectivity index (χ4v) is 2.49. The molecule has 2 rings (SSSR count). The third-order valence-electron chi connectivity index (χ3n) is 4.38. The van der Waals surface area contributed by atoms with Crippen LogP contribution in [-0.4, -0.2) is 27.8 Å². The third-order valence-corrected chi connectivity index (χ3v) is 4.38. The zero-order chi connectivity index (χ0) is 18.7. The molecule has 0 unspecified atom stereocenters. The maximum absolute atomic E-state index is 12.7. The molecule has 0 aliphatic heterocycles. The molecule has 1 heterocycles. The van der Waals surface area contributed by atoms with Gasteiger partial charge >= 0.3 is 6.18 Å². The lowest BCUT2D eigenvalue weighted by molar-refractivity contribution is -0.141. The van der Waals surface area contributed by atoms with Crippen LogP contribution >= 0.6 is 0 Å². The maximum Gasteiger partial charge on any atom is 0.435 e. The van der Waals surface area contributed by atoms with Crippen molar-refractivity contribution in [3.05, 3.63) is 47.8 Å². The molecule has 0 saturated carbocycles. The lowest BCUT2D eigenvalue weighted by atomic mass is 9.92. The molecular formula is C17H21F3N4O. The molecule has 1 aromatic heterocycles. The van der Waals surface area contributed by atoms with E-state index in [-0.39, 0.29) is 5.91 Å². The molecule has 0 aliphatic carbocycles. The number of rotatable bonds is 6. The number of carbonyl (C=O) groups is 1. The summed E-state index contributed by atoms with van der Waals surface area (Å²) < 4.78 is 39.1. The van der Waals surface area contributed by atoms with Crippen LogP contribution in [0.4, 0.5) is 13.2 Å². The monoisotopic (exact) mass is 354 g/mol. The maximum atomic E-state index is 12.7. The van der Waals surface area contributed by atoms with Crippen molar-refractivity contribution in [3.8, 4) is 5.69 Å². The van der Waals surface area contributed by atoms with E-state index >= 15 is 0 Å². The average molecular weight is 354 g/mol. The lowest BCUT2D eigenvalue weighted by Crippen LogP contribution is -2.52. The van der Waals surface area contributed by atoms with Crippen molar-refractivity contribution in [3.63, 3.8) is 0 Å². The van der Waals surface area contributed by atoms with Gasteiger partial charge in [-0.15, -0.1) is 0 Å². The summed E-state index contributed by atoms with van der Waals surface area (Å²) in [5, 5.41) is 6.45. The minimum atomic E-state index is -4.51. The number of hydrogen-bond donors (Lipinski definition) is 2. The van der Waals surface area contributed by atoms with Crippen LogP contribution in [0, 0.1) is 0 Å². The highest BCUT2D eigenvalue weighted by Crippen LogP contribution is 2.28. The lowest BCUT2D eigenvalue weighted by Gasteiger charge is -2.31. The third kappa shape index (κ3) is 4.19. The number of amides is 1. The van der Waals surface area contributed by atoms with Crippen molar-refractivity contribution in [2.45, 2.75) is 38.4 Å². The average Bonchev–Trinajstić information content (AvgIpc) is 3.10. The molecule has 1 aromatic carbocycles. The Hall–Kier alpha value is -2.35. The molecule has 5 nitrogen and oxygen atoms in total. The topological polar surface area (TPSA) is 72.9 Å². The summed E-state index contributed by atoms with van der Waals surface area (Å²) in [6, 6.07) is 7.16. The fraction of sp³-hybridized carbons (Fsp3) is 0.412. The first-order valence-corrected chi connectivity index (χ1v) is 8.00. The molecule has 0 atom stereocenters. The molecule has 0 fully saturated rings. The van der Waals surface area contributed by atoms with E-state index in [2.05, 4.69) is 10.4 Å². The quantitative estimate of drug-likeness (QED) is 0.837. The first-order valence-electron chi connectivity index (χ1n) is 8.00. The van der Waals surface area contributed by atoms with Gasteiger partial charge in [-0.3, -0.25) is 4.79 Å². The Kier molecular flexibility index (Phi) is 5.52. The highest BCUT2D eigenvalue weighted by atomic mass is 19.4. The van der Waals surface area contributed by atoms with Gasteiger partial charge in [0.25, 0.3) is 5.91 Å². The van der Waals surface area contributed by atoms with E-state index < -0.39 is 17.4 Å². The second-order valence-corrected chi connectivity index (χ2v) is 5.84. The summed E-state index contributed by atoms with van der Waals surface area (Å²) in [6.07, 6.45) is -1.94. The predicted molar refractivity (Wildman–Crippen MR) is 88.4 cm³/mol. The van der Waals surface area contributed by atoms with Crippen molar-refractivity contribution in [1.82, 2.24) is 15.1 Å². The van der Waals surface area contributed by atoms with Gasteiger partial charge in [0.15, 0.2) is 5.69 Å². The molecule has 136 valence electrons. The van der Waals surface area contributed by atoms with Crippen LogP contribution in [0.3, 0.4) is 0 Å². The molecule has 25 heavy (non-hydrogen) atoms. The van der Waals surface area contributed by atoms with E-state index in [0.29, 0.717) is 30.6 Å². The van der Waals surface area contributed by atoms with Crippen LogP contribution in [0.25, 0.3) is 5.69 Å². The van der Waals surface area contributed by atoms with Crippen molar-refractivity contribution in [2.24, 2.45) is 5.73 Å². The summed E-state index contributed by atoms with van der Waals surface area (Å²) in [5.41, 5.74) is 5.01. The minimum absolute atomic E-state index is 0.305. The van der Waals surface area contributed by atoms with Crippen LogP contribution < -0.4 is 11.1 Å². The van der Waals surface area contributed by atoms with Crippen LogP contribution in [0.1, 0.15) is 42.7 Å². The van der Waals surface area contributed by atoms with Gasteiger partial charge < -0.3 is 11.1 Å². The second kappa shape index (κ2) is 7.26. The molecule has 0 spiro atoms. The zero-order valence-corrected chi connectivity index (χ0v) is 14.1. The Morgan fingerprint density at radius 1 is 1.24 bits per heavy atom. The summed E-state index contributed by atoms with van der Waals surface area (Å²) >= 11 is 0. The minimum Gasteiger partial charge on any atom is -0.345 e. The highest BCUT2D eigenvalue weighted by molar-refractivity contribution is 5.95. The Balaban J connectivity index is 2.27. The molecule has 0 aliphatic rings. The summed E-state index contributed by atoms with van der Waals surface area (Å²) in [7, 11) is 0. The van der Waals surface area contributed by atoms with Gasteiger partial charge in [0.2, 0.25) is 0 Å². The Bertz CT molecular complexity index is 727. The second-order valence-electron chi connectivity index (χ2n) is 5.84. The largest absolute Gasteiger partial charge is 0.435 e. The van der Waals surface area contributed by atoms with Crippen LogP contribution in [0.5, 0.6) is 0 Å². The van der Waals surface area contributed by atoms with Gasteiger partial charge in [-0.05, 0) is 37.1 Å². The Morgan fingerprint density at radius 2 is 1.92 bits per heavy atom. The van der Waals surface area contributed by atoms with Gasteiger partial charge in [0.1, 0.15) is 0 Å². The van der Waals surface area contributed by atoms with E-state index in [1.54, 1.807) is 18.2 Å². The standard InChI is InChI=1S/C17H21F3N4O/c1-3-16(4-2,11-21)22-15(25)12-6-5-7-13(10-12)24-9-8-14(23-24)17(18,19)20/h5-10H,3-4,11,21H2,1-2H3,(H,22,25). The van der Waals surface area contributed by atoms with Gasteiger partial charge in [-0.25, -0.2) is 4.68 Å². The van der Waals surface area contributed by atoms with Gasteiger partial charge in [0.05, 0.1) is 11.2 Å². The number of nitrogens with zero attached hydrogens (tertiary/aromatic N) is 2. The number of benzene rings is 1. The molecule has 0 radical (unpaired) electrons. The van der Waals surface area contributed by atoms with Crippen molar-refractivity contribution in [1.29, 1.82) is 0 Å². The summed E-state index contributed by atoms with van der Waals surface area (Å²) in [4.78, 5) is 12.5. The Labute approximate surface area is 144 Å². The predicted octanol–water partition coefficient (Wildman–Crippen LogP) is 3.14. The summed E-state index contributed by atoms with van der Waals surface area (Å²) in [5.74, 6) is -0.320. The van der Waals surface area contributed by atoms with Crippen LogP contribution in [0.2, 0.25) is 0 Å². The first kappa shape index (κ1) is 19.0. The molecular weight excluding hydrogens is 333 g/mol. The fourth-order valence-electron chi connectivity index (χ4n) is 2.49. The van der Waals surface area contributed by atoms with Gasteiger partial charge in [-0.2, -0.15) is 18.3 Å². The number of alkyl halides is 3. The normalized spacial score (nSPS) is 12.2. The van der Waals surface area contributed by atoms with Crippen LogP contribution in [-0.2, 0) is 6.18 Å². The SMILES string of the molecule is CCC(CC)(CN)NC(=O)c1cccc(-n2ccc(C(F)(F)F)n2)c1. The molecule has 1 amide bonds. The van der Waals surface area contributed by atoms with Crippen molar-refractivity contribution >= 4 is 5.91 Å². The van der Waals surface area contributed by atoms with E-state index in [4.69, 9.17) is 5.73 Å². The number of carbonyl (C=O) groups excluding carboxylic acids is 1. The Morgan fingerprint density at radius 3 is 2.44 bits per heavy atom. The van der Waals surface area contributed by atoms with E-state index in [1.807, 2.05) is 13.8 Å². The van der Waals surface area contributed by atoms with Crippen molar-refractivity contribution in [2.75, 3.05) is 6.54 Å². The van der Waals surface area contributed by atoms with E-state index in [9.17, 15) is 18.0 Å². The van der Waals surface area contributed by atoms with Crippen molar-refractivity contribution < 1.29 is 18.0 Å². The number of halogens is 3. The van der Waals surface area contributed by atoms with Gasteiger partial charge in [0, 0.05) is 18.3 Å². The number of aromatic nitrogens is 2. The molecule has 0 bridgehead atoms. The number of hydrogen-bond acceptors (Lipinski definition) is 3. The van der Waals surface area contributed by atoms with Gasteiger partial charge in [-0.1, -0.05) is 19.9 Å². The zero-order valence-electron chi connectivity index (χ0n) is 14.1. The van der Waals surface area contributed by atoms with E-state index in [1.165, 1.54) is 12.3 Å². The highest BCUT2D eigenvalue weighted by Gasteiger charge is 2.33. The molecule has 0 saturated heterocycles. The smallest absolute Gasteiger partial charge is 0.345 e. The number of nitrogens with one attached hydrogen (secondary N) is 1. The summed E-state index contributed by atoms with van der Waals surface area (Å²) in [6.45, 7) is 4.18. The molecule has 8 heteroatoms. The number of nitrogens with two attached hydrogens (primary N) is 1. The first-order chi connectivity index (χ1) is 11.7. The molecule has 2 aromatic rings. The molecule has 3 N–H and O–H groups in total. The van der Waals surface area contributed by atoms with E-state index in [0.717, 1.165) is 10.7 Å². The van der Waals surface area contributed by atoms with Crippen LogP contribution in [0.15, 0.2) is 36.5 Å².